The van der Waals surface area contributed by atoms with E-state index in [4.69, 9.17) is 11.6 Å². The van der Waals surface area contributed by atoms with Crippen molar-refractivity contribution < 1.29 is 9.59 Å². The lowest BCUT2D eigenvalue weighted by atomic mass is 9.97. The zero-order valence-corrected chi connectivity index (χ0v) is 23.3. The van der Waals surface area contributed by atoms with E-state index >= 15 is 0 Å². The van der Waals surface area contributed by atoms with Gasteiger partial charge in [-0.2, -0.15) is 0 Å². The average molecular weight is 592 g/mol. The van der Waals surface area contributed by atoms with Crippen molar-refractivity contribution in [2.75, 3.05) is 23.3 Å². The van der Waals surface area contributed by atoms with Gasteiger partial charge in [0.05, 0.1) is 17.1 Å². The Kier molecular flexibility index (Phi) is 7.86. The van der Waals surface area contributed by atoms with Gasteiger partial charge < -0.3 is 14.8 Å². The van der Waals surface area contributed by atoms with Crippen molar-refractivity contribution in [1.29, 1.82) is 0 Å². The van der Waals surface area contributed by atoms with Crippen LogP contribution >= 0.6 is 27.5 Å². The minimum atomic E-state index is -0.370. The summed E-state index contributed by atoms with van der Waals surface area (Å²) in [6, 6.07) is 26.2. The van der Waals surface area contributed by atoms with Crippen LogP contribution in [0.15, 0.2) is 95.6 Å². The maximum atomic E-state index is 14.2. The number of hydrogen-bond acceptors (Lipinski definition) is 2. The van der Waals surface area contributed by atoms with E-state index in [2.05, 4.69) is 32.7 Å². The Morgan fingerprint density at radius 2 is 1.74 bits per heavy atom. The number of halogens is 2. The fraction of sp³-hybridized carbons (Fsp3) is 0.200. The number of fused-ring (bicyclic) bond motifs is 3. The molecular formula is C30H28BrClN4O2. The van der Waals surface area contributed by atoms with Crippen LogP contribution in [0.25, 0.3) is 5.69 Å². The van der Waals surface area contributed by atoms with Gasteiger partial charge in [-0.25, -0.2) is 4.79 Å². The highest BCUT2D eigenvalue weighted by Crippen LogP contribution is 2.42. The molecule has 6 nitrogen and oxygen atoms in total. The highest BCUT2D eigenvalue weighted by molar-refractivity contribution is 9.10. The van der Waals surface area contributed by atoms with Crippen molar-refractivity contribution in [3.8, 4) is 5.69 Å². The van der Waals surface area contributed by atoms with Crippen LogP contribution in [-0.2, 0) is 4.79 Å². The molecule has 0 saturated heterocycles. The lowest BCUT2D eigenvalue weighted by Gasteiger charge is -2.39. The van der Waals surface area contributed by atoms with Gasteiger partial charge in [-0.15, -0.1) is 0 Å². The molecule has 0 spiro atoms. The Labute approximate surface area is 235 Å². The normalized spacial score (nSPS) is 14.0. The second-order valence-electron chi connectivity index (χ2n) is 9.23. The van der Waals surface area contributed by atoms with Gasteiger partial charge in [0.25, 0.3) is 0 Å². The number of nitrogens with zero attached hydrogens (tertiary/aromatic N) is 3. The third-order valence-electron chi connectivity index (χ3n) is 6.64. The first-order valence-electron chi connectivity index (χ1n) is 12.6. The SMILES string of the molecule is CCCCN(CC(=O)N1c2ccccc2-n2cccc2[C@H]1c1ccc(Cl)cc1)C(=O)Nc1cccc(Br)c1. The molecular weight excluding hydrogens is 564 g/mol. The van der Waals surface area contributed by atoms with Gasteiger partial charge in [0.1, 0.15) is 12.6 Å². The summed E-state index contributed by atoms with van der Waals surface area (Å²) in [4.78, 5) is 31.0. The zero-order chi connectivity index (χ0) is 26.6. The summed E-state index contributed by atoms with van der Waals surface area (Å²) in [7, 11) is 0. The standard InChI is InChI=1S/C30H28BrClN4O2/c1-2-3-17-34(30(38)33-24-9-6-8-22(31)19-24)20-28(37)36-26-11-5-4-10-25(26)35-18-7-12-27(35)29(36)21-13-15-23(32)16-14-21/h4-16,18-19,29H,2-3,17,20H2,1H3,(H,33,38)/t29-/m1/s1. The molecule has 1 aliphatic heterocycles. The number of unbranched alkanes of at least 4 members (excludes halogenated alkanes) is 1. The fourth-order valence-corrected chi connectivity index (χ4v) is 5.36. The van der Waals surface area contributed by atoms with E-state index in [1.807, 2.05) is 96.0 Å². The topological polar surface area (TPSA) is 57.6 Å². The van der Waals surface area contributed by atoms with Crippen LogP contribution in [-0.4, -0.2) is 34.5 Å². The summed E-state index contributed by atoms with van der Waals surface area (Å²) in [6.45, 7) is 2.48. The first kappa shape index (κ1) is 26.1. The minimum Gasteiger partial charge on any atom is -0.316 e. The molecule has 0 unspecified atom stereocenters. The predicted molar refractivity (Wildman–Crippen MR) is 156 cm³/mol. The monoisotopic (exact) mass is 590 g/mol. The van der Waals surface area contributed by atoms with Crippen LogP contribution in [0, 0.1) is 0 Å². The molecule has 4 aromatic rings. The highest BCUT2D eigenvalue weighted by Gasteiger charge is 2.37. The smallest absolute Gasteiger partial charge is 0.316 e. The largest absolute Gasteiger partial charge is 0.322 e. The van der Waals surface area contributed by atoms with Gasteiger partial charge in [-0.3, -0.25) is 9.69 Å². The summed E-state index contributed by atoms with van der Waals surface area (Å²) < 4.78 is 2.98. The Balaban J connectivity index is 1.50. The molecule has 1 aliphatic rings. The summed E-state index contributed by atoms with van der Waals surface area (Å²) in [5.41, 5.74) is 4.29. The Morgan fingerprint density at radius 3 is 2.47 bits per heavy atom. The summed E-state index contributed by atoms with van der Waals surface area (Å²) >= 11 is 9.64. The van der Waals surface area contributed by atoms with Crippen molar-refractivity contribution in [1.82, 2.24) is 9.47 Å². The Morgan fingerprint density at radius 1 is 0.974 bits per heavy atom. The number of para-hydroxylation sites is 2. The van der Waals surface area contributed by atoms with Gasteiger partial charge in [0.2, 0.25) is 5.91 Å². The van der Waals surface area contributed by atoms with Crippen LogP contribution in [0.3, 0.4) is 0 Å². The molecule has 3 aromatic carbocycles. The Hall–Kier alpha value is -3.55. The molecule has 0 fully saturated rings. The number of carbonyl (C=O) groups is 2. The number of nitrogens with one attached hydrogen (secondary N) is 1. The Bertz CT molecular complexity index is 1450. The van der Waals surface area contributed by atoms with Gasteiger partial charge >= 0.3 is 6.03 Å². The fourth-order valence-electron chi connectivity index (χ4n) is 4.83. The maximum Gasteiger partial charge on any atom is 0.322 e. The highest BCUT2D eigenvalue weighted by atomic mass is 79.9. The van der Waals surface area contributed by atoms with E-state index in [0.29, 0.717) is 17.3 Å². The van der Waals surface area contributed by atoms with E-state index in [0.717, 1.165) is 39.9 Å². The molecule has 5 rings (SSSR count). The quantitative estimate of drug-likeness (QED) is 0.240. The first-order chi connectivity index (χ1) is 18.5. The molecule has 0 aliphatic carbocycles. The summed E-state index contributed by atoms with van der Waals surface area (Å²) in [5.74, 6) is -0.162. The number of anilines is 2. The van der Waals surface area contributed by atoms with Gasteiger partial charge in [0, 0.05) is 27.9 Å². The molecule has 194 valence electrons. The molecule has 38 heavy (non-hydrogen) atoms. The molecule has 3 amide bonds. The van der Waals surface area contributed by atoms with Gasteiger partial charge in [-0.05, 0) is 66.6 Å². The molecule has 1 N–H and O–H groups in total. The lowest BCUT2D eigenvalue weighted by molar-refractivity contribution is -0.119. The van der Waals surface area contributed by atoms with Crippen LogP contribution in [0.2, 0.25) is 5.02 Å². The van der Waals surface area contributed by atoms with E-state index in [-0.39, 0.29) is 24.5 Å². The van der Waals surface area contributed by atoms with Gasteiger partial charge in [-0.1, -0.05) is 71.2 Å². The third-order valence-corrected chi connectivity index (χ3v) is 7.39. The van der Waals surface area contributed by atoms with Crippen LogP contribution in [0.5, 0.6) is 0 Å². The number of carbonyl (C=O) groups excluding carboxylic acids is 2. The van der Waals surface area contributed by atoms with Gasteiger partial charge in [0.15, 0.2) is 0 Å². The van der Waals surface area contributed by atoms with Crippen molar-refractivity contribution >= 4 is 50.8 Å². The lowest BCUT2D eigenvalue weighted by Crippen LogP contribution is -2.48. The third kappa shape index (κ3) is 5.35. The van der Waals surface area contributed by atoms with E-state index < -0.39 is 0 Å². The number of aromatic nitrogens is 1. The number of amides is 3. The first-order valence-corrected chi connectivity index (χ1v) is 13.8. The van der Waals surface area contributed by atoms with E-state index in [9.17, 15) is 9.59 Å². The zero-order valence-electron chi connectivity index (χ0n) is 21.0. The van der Waals surface area contributed by atoms with Crippen molar-refractivity contribution in [2.24, 2.45) is 0 Å². The van der Waals surface area contributed by atoms with Crippen LogP contribution in [0.1, 0.15) is 37.1 Å². The molecule has 2 heterocycles. The molecule has 8 heteroatoms. The van der Waals surface area contributed by atoms with Crippen LogP contribution in [0.4, 0.5) is 16.2 Å². The number of hydrogen-bond donors (Lipinski definition) is 1. The molecule has 0 radical (unpaired) electrons. The molecule has 0 saturated carbocycles. The summed E-state index contributed by atoms with van der Waals surface area (Å²) in [6.07, 6.45) is 3.71. The summed E-state index contributed by atoms with van der Waals surface area (Å²) in [5, 5.41) is 3.58. The van der Waals surface area contributed by atoms with Crippen molar-refractivity contribution in [3.63, 3.8) is 0 Å². The predicted octanol–water partition coefficient (Wildman–Crippen LogP) is 7.66. The number of rotatable bonds is 7. The maximum absolute atomic E-state index is 14.2. The number of benzene rings is 3. The van der Waals surface area contributed by atoms with Crippen molar-refractivity contribution in [2.45, 2.75) is 25.8 Å². The van der Waals surface area contributed by atoms with Crippen LogP contribution < -0.4 is 10.2 Å². The molecule has 1 atom stereocenters. The second kappa shape index (κ2) is 11.5. The van der Waals surface area contributed by atoms with E-state index in [1.165, 1.54) is 0 Å². The van der Waals surface area contributed by atoms with Crippen molar-refractivity contribution in [3.05, 3.63) is 112 Å². The molecule has 0 bridgehead atoms. The van der Waals surface area contributed by atoms with E-state index in [1.54, 1.807) is 4.90 Å². The molecule has 1 aromatic heterocycles. The second-order valence-corrected chi connectivity index (χ2v) is 10.6. The number of urea groups is 1. The average Bonchev–Trinajstić information content (AvgIpc) is 3.41. The minimum absolute atomic E-state index is 0.0566.